The van der Waals surface area contributed by atoms with E-state index in [2.05, 4.69) is 9.71 Å². The van der Waals surface area contributed by atoms with E-state index in [0.717, 1.165) is 5.69 Å². The van der Waals surface area contributed by atoms with Gasteiger partial charge in [-0.2, -0.15) is 0 Å². The molecule has 114 valence electrons. The molecule has 0 saturated heterocycles. The lowest BCUT2D eigenvalue weighted by Crippen LogP contribution is -2.13. The second kappa shape index (κ2) is 5.87. The first-order chi connectivity index (χ1) is 9.87. The summed E-state index contributed by atoms with van der Waals surface area (Å²) in [5, 5.41) is 9.25. The van der Waals surface area contributed by atoms with Gasteiger partial charge in [0.05, 0.1) is 18.0 Å². The minimum absolute atomic E-state index is 0.133. The van der Waals surface area contributed by atoms with E-state index in [9.17, 15) is 13.5 Å². The van der Waals surface area contributed by atoms with Gasteiger partial charge in [-0.15, -0.1) is 0 Å². The number of aliphatic hydroxyl groups is 1. The quantitative estimate of drug-likeness (QED) is 0.882. The molecule has 0 atom stereocenters. The summed E-state index contributed by atoms with van der Waals surface area (Å²) in [6.07, 6.45) is 1.52. The van der Waals surface area contributed by atoms with E-state index in [1.807, 2.05) is 13.8 Å². The van der Waals surface area contributed by atoms with E-state index < -0.39 is 10.0 Å². The van der Waals surface area contributed by atoms with Gasteiger partial charge in [0.1, 0.15) is 4.90 Å². The smallest absolute Gasteiger partial charge is 0.263 e. The van der Waals surface area contributed by atoms with Crippen LogP contribution < -0.4 is 4.72 Å². The van der Waals surface area contributed by atoms with Crippen LogP contribution in [0, 0.1) is 13.8 Å². The lowest BCUT2D eigenvalue weighted by atomic mass is 10.3. The molecular formula is C14H19N3O3S. The van der Waals surface area contributed by atoms with Crippen LogP contribution >= 0.6 is 0 Å². The highest BCUT2D eigenvalue weighted by atomic mass is 32.2. The van der Waals surface area contributed by atoms with E-state index in [0.29, 0.717) is 23.6 Å². The molecule has 7 heteroatoms. The number of hydrogen-bond donors (Lipinski definition) is 2. The molecular weight excluding hydrogens is 290 g/mol. The summed E-state index contributed by atoms with van der Waals surface area (Å²) in [6.45, 7) is 5.88. The molecule has 2 N–H and O–H groups in total. The van der Waals surface area contributed by atoms with Crippen LogP contribution in [0.15, 0.2) is 29.3 Å². The first-order valence-corrected chi connectivity index (χ1v) is 8.12. The Morgan fingerprint density at radius 1 is 1.33 bits per heavy atom. The number of aryl methyl sites for hydroxylation is 3. The highest BCUT2D eigenvalue weighted by Gasteiger charge is 2.19. The molecule has 0 aliphatic heterocycles. The molecule has 0 aromatic carbocycles. The number of anilines is 1. The van der Waals surface area contributed by atoms with E-state index >= 15 is 0 Å². The van der Waals surface area contributed by atoms with Crippen LogP contribution in [-0.2, 0) is 23.2 Å². The van der Waals surface area contributed by atoms with Crippen molar-refractivity contribution < 1.29 is 13.5 Å². The second-order valence-electron chi connectivity index (χ2n) is 4.80. The number of sulfonamides is 1. The molecule has 2 rings (SSSR count). The summed E-state index contributed by atoms with van der Waals surface area (Å²) < 4.78 is 29.0. The van der Waals surface area contributed by atoms with Gasteiger partial charge in [0.2, 0.25) is 0 Å². The number of nitrogens with one attached hydrogen (secondary N) is 1. The first kappa shape index (κ1) is 15.5. The minimum Gasteiger partial charge on any atom is -0.390 e. The van der Waals surface area contributed by atoms with Crippen molar-refractivity contribution in [2.45, 2.75) is 38.8 Å². The van der Waals surface area contributed by atoms with E-state index in [1.165, 1.54) is 12.3 Å². The number of aromatic nitrogens is 2. The van der Waals surface area contributed by atoms with Crippen LogP contribution in [0.5, 0.6) is 0 Å². The Morgan fingerprint density at radius 2 is 2.05 bits per heavy atom. The summed E-state index contributed by atoms with van der Waals surface area (Å²) in [4.78, 5) is 4.37. The van der Waals surface area contributed by atoms with Gasteiger partial charge < -0.3 is 9.67 Å². The van der Waals surface area contributed by atoms with Crippen molar-refractivity contribution in [1.29, 1.82) is 0 Å². The van der Waals surface area contributed by atoms with Crippen LogP contribution in [0.2, 0.25) is 0 Å². The lowest BCUT2D eigenvalue weighted by Gasteiger charge is -2.09. The molecule has 21 heavy (non-hydrogen) atoms. The summed E-state index contributed by atoms with van der Waals surface area (Å²) in [7, 11) is -3.69. The number of rotatable bonds is 5. The highest BCUT2D eigenvalue weighted by Crippen LogP contribution is 2.20. The SMILES string of the molecule is CCn1cc(S(=O)(=O)Nc2ccc(C)nc2C)cc1CO. The summed E-state index contributed by atoms with van der Waals surface area (Å²) in [5.74, 6) is 0. The van der Waals surface area contributed by atoms with Crippen LogP contribution in [0.3, 0.4) is 0 Å². The zero-order valence-electron chi connectivity index (χ0n) is 12.3. The van der Waals surface area contributed by atoms with Crippen molar-refractivity contribution in [3.8, 4) is 0 Å². The average Bonchev–Trinajstić information content (AvgIpc) is 2.86. The van der Waals surface area contributed by atoms with Gasteiger partial charge in [0.25, 0.3) is 10.0 Å². The molecule has 0 aliphatic rings. The molecule has 0 spiro atoms. The van der Waals surface area contributed by atoms with Gasteiger partial charge in [-0.25, -0.2) is 8.42 Å². The Bertz CT molecular complexity index is 729. The standard InChI is InChI=1S/C14H19N3O3S/c1-4-17-8-13(7-12(17)9-18)21(19,20)16-14-6-5-10(2)15-11(14)3/h5-8,16,18H,4,9H2,1-3H3. The molecule has 2 heterocycles. The van der Waals surface area contributed by atoms with Crippen molar-refractivity contribution in [2.24, 2.45) is 0 Å². The maximum absolute atomic E-state index is 12.4. The minimum atomic E-state index is -3.69. The van der Waals surface area contributed by atoms with E-state index in [4.69, 9.17) is 0 Å². The second-order valence-corrected chi connectivity index (χ2v) is 6.48. The van der Waals surface area contributed by atoms with Crippen molar-refractivity contribution >= 4 is 15.7 Å². The molecule has 0 fully saturated rings. The lowest BCUT2D eigenvalue weighted by molar-refractivity contribution is 0.271. The van der Waals surface area contributed by atoms with Crippen LogP contribution in [-0.4, -0.2) is 23.1 Å². The van der Waals surface area contributed by atoms with E-state index in [1.54, 1.807) is 23.6 Å². The predicted molar refractivity (Wildman–Crippen MR) is 80.5 cm³/mol. The monoisotopic (exact) mass is 309 g/mol. The first-order valence-electron chi connectivity index (χ1n) is 6.64. The Morgan fingerprint density at radius 3 is 2.57 bits per heavy atom. The molecule has 0 amide bonds. The number of hydrogen-bond acceptors (Lipinski definition) is 4. The zero-order chi connectivity index (χ0) is 15.6. The van der Waals surface area contributed by atoms with Crippen molar-refractivity contribution in [3.63, 3.8) is 0 Å². The highest BCUT2D eigenvalue weighted by molar-refractivity contribution is 7.92. The van der Waals surface area contributed by atoms with Crippen LogP contribution in [0.1, 0.15) is 24.0 Å². The predicted octanol–water partition coefficient (Wildman–Crippen LogP) is 1.81. The molecule has 0 aliphatic carbocycles. The van der Waals surface area contributed by atoms with Crippen molar-refractivity contribution in [1.82, 2.24) is 9.55 Å². The summed E-state index contributed by atoms with van der Waals surface area (Å²) in [6, 6.07) is 4.92. The molecule has 0 radical (unpaired) electrons. The van der Waals surface area contributed by atoms with Gasteiger partial charge in [-0.1, -0.05) is 0 Å². The Kier molecular flexibility index (Phi) is 4.34. The number of nitrogens with zero attached hydrogens (tertiary/aromatic N) is 2. The van der Waals surface area contributed by atoms with Gasteiger partial charge in [0.15, 0.2) is 0 Å². The van der Waals surface area contributed by atoms with Crippen molar-refractivity contribution in [3.05, 3.63) is 41.5 Å². The maximum Gasteiger partial charge on any atom is 0.263 e. The Labute approximate surface area is 124 Å². The van der Waals surface area contributed by atoms with Crippen LogP contribution in [0.4, 0.5) is 5.69 Å². The topological polar surface area (TPSA) is 84.2 Å². The third-order valence-electron chi connectivity index (χ3n) is 3.24. The van der Waals surface area contributed by atoms with Crippen molar-refractivity contribution in [2.75, 3.05) is 4.72 Å². The molecule has 2 aromatic heterocycles. The number of pyridine rings is 1. The molecule has 6 nitrogen and oxygen atoms in total. The zero-order valence-corrected chi connectivity index (χ0v) is 13.1. The van der Waals surface area contributed by atoms with Crippen LogP contribution in [0.25, 0.3) is 0 Å². The Balaban J connectivity index is 2.36. The third-order valence-corrected chi connectivity index (χ3v) is 4.58. The summed E-state index contributed by atoms with van der Waals surface area (Å²) in [5.41, 5.74) is 2.47. The molecule has 0 saturated carbocycles. The van der Waals surface area contributed by atoms with E-state index in [-0.39, 0.29) is 11.5 Å². The van der Waals surface area contributed by atoms with Gasteiger partial charge in [-0.3, -0.25) is 9.71 Å². The fourth-order valence-corrected chi connectivity index (χ4v) is 3.28. The maximum atomic E-state index is 12.4. The fraction of sp³-hybridized carbons (Fsp3) is 0.357. The fourth-order valence-electron chi connectivity index (χ4n) is 2.10. The largest absolute Gasteiger partial charge is 0.390 e. The van der Waals surface area contributed by atoms with Gasteiger partial charge >= 0.3 is 0 Å². The third kappa shape index (κ3) is 3.25. The Hall–Kier alpha value is -1.86. The molecule has 2 aromatic rings. The van der Waals surface area contributed by atoms with Gasteiger partial charge in [-0.05, 0) is 39.0 Å². The molecule has 0 bridgehead atoms. The summed E-state index contributed by atoms with van der Waals surface area (Å²) >= 11 is 0. The number of aliphatic hydroxyl groups excluding tert-OH is 1. The van der Waals surface area contributed by atoms with Gasteiger partial charge in [0, 0.05) is 24.1 Å². The molecule has 0 unspecified atom stereocenters. The average molecular weight is 309 g/mol. The normalized spacial score (nSPS) is 11.6.